The Kier molecular flexibility index (Phi) is 6.98. The first-order valence-corrected chi connectivity index (χ1v) is 7.60. The first kappa shape index (κ1) is 17.8. The molecule has 2 unspecified atom stereocenters. The summed E-state index contributed by atoms with van der Waals surface area (Å²) in [4.78, 5) is 22.4. The molecule has 0 aromatic heterocycles. The van der Waals surface area contributed by atoms with E-state index in [1.165, 1.54) is 0 Å². The van der Waals surface area contributed by atoms with E-state index in [0.717, 1.165) is 0 Å². The second kappa shape index (κ2) is 8.24. The van der Waals surface area contributed by atoms with Crippen molar-refractivity contribution in [1.82, 2.24) is 5.32 Å². The number of hydrogen-bond donors (Lipinski definition) is 2. The van der Waals surface area contributed by atoms with Crippen molar-refractivity contribution in [3.8, 4) is 5.75 Å². The van der Waals surface area contributed by atoms with Gasteiger partial charge in [-0.1, -0.05) is 11.6 Å². The van der Waals surface area contributed by atoms with Crippen LogP contribution in [0.2, 0.25) is 5.02 Å². The summed E-state index contributed by atoms with van der Waals surface area (Å²) in [5, 5.41) is 11.9. The Hall–Kier alpha value is -1.27. The number of amides is 1. The van der Waals surface area contributed by atoms with Gasteiger partial charge in [-0.15, -0.1) is 0 Å². The van der Waals surface area contributed by atoms with E-state index in [0.29, 0.717) is 21.7 Å². The number of hydrogen-bond acceptors (Lipinski definition) is 3. The summed E-state index contributed by atoms with van der Waals surface area (Å²) in [6, 6.07) is 4.79. The lowest BCUT2D eigenvalue weighted by molar-refractivity contribution is -0.137. The van der Waals surface area contributed by atoms with E-state index in [1.54, 1.807) is 32.0 Å². The molecule has 0 heterocycles. The molecule has 1 amide bonds. The molecule has 116 valence electrons. The molecule has 2 N–H and O–H groups in total. The molecule has 0 spiro atoms. The molecule has 21 heavy (non-hydrogen) atoms. The third-order valence-electron chi connectivity index (χ3n) is 2.75. The van der Waals surface area contributed by atoms with Gasteiger partial charge in [0.25, 0.3) is 5.91 Å². The molecule has 0 fully saturated rings. The van der Waals surface area contributed by atoms with Gasteiger partial charge in [-0.05, 0) is 54.4 Å². The lowest BCUT2D eigenvalue weighted by Gasteiger charge is -2.19. The average molecular weight is 379 g/mol. The molecule has 5 nitrogen and oxygen atoms in total. The zero-order valence-electron chi connectivity index (χ0n) is 11.7. The monoisotopic (exact) mass is 377 g/mol. The van der Waals surface area contributed by atoms with Crippen molar-refractivity contribution < 1.29 is 19.4 Å². The summed E-state index contributed by atoms with van der Waals surface area (Å²) in [5.41, 5.74) is 0. The van der Waals surface area contributed by atoms with Gasteiger partial charge >= 0.3 is 5.97 Å². The predicted molar refractivity (Wildman–Crippen MR) is 83.7 cm³/mol. The fraction of sp³-hybridized carbons (Fsp3) is 0.429. The minimum Gasteiger partial charge on any atom is -0.481 e. The largest absolute Gasteiger partial charge is 0.481 e. The lowest BCUT2D eigenvalue weighted by atomic mass is 10.2. The van der Waals surface area contributed by atoms with E-state index < -0.39 is 12.1 Å². The Labute approximate surface area is 136 Å². The molecule has 0 radical (unpaired) electrons. The molecule has 1 aromatic carbocycles. The van der Waals surface area contributed by atoms with Crippen LogP contribution in [0.4, 0.5) is 0 Å². The van der Waals surface area contributed by atoms with E-state index in [1.807, 2.05) is 0 Å². The van der Waals surface area contributed by atoms with Crippen molar-refractivity contribution in [2.45, 2.75) is 38.8 Å². The minimum absolute atomic E-state index is 0.0133. The van der Waals surface area contributed by atoms with E-state index in [-0.39, 0.29) is 18.4 Å². The van der Waals surface area contributed by atoms with Crippen molar-refractivity contribution >= 4 is 39.4 Å². The molecule has 1 aromatic rings. The summed E-state index contributed by atoms with van der Waals surface area (Å²) in [7, 11) is 0. The van der Waals surface area contributed by atoms with Crippen LogP contribution in [0.5, 0.6) is 5.75 Å². The minimum atomic E-state index is -0.884. The highest BCUT2D eigenvalue weighted by atomic mass is 79.9. The topological polar surface area (TPSA) is 75.6 Å². The van der Waals surface area contributed by atoms with Crippen molar-refractivity contribution in [3.63, 3.8) is 0 Å². The summed E-state index contributed by atoms with van der Waals surface area (Å²) in [6.45, 7) is 3.38. The fourth-order valence-electron chi connectivity index (χ4n) is 1.59. The van der Waals surface area contributed by atoms with Gasteiger partial charge in [0.2, 0.25) is 0 Å². The number of carboxylic acid groups (broad SMARTS) is 1. The first-order chi connectivity index (χ1) is 9.79. The van der Waals surface area contributed by atoms with Gasteiger partial charge in [0.15, 0.2) is 6.10 Å². The SMILES string of the molecule is CC(CCC(=O)O)NC(=O)C(C)Oc1ccc(Cl)cc1Br. The van der Waals surface area contributed by atoms with Crippen LogP contribution in [0.3, 0.4) is 0 Å². The van der Waals surface area contributed by atoms with Gasteiger partial charge in [-0.2, -0.15) is 0 Å². The molecule has 0 saturated carbocycles. The van der Waals surface area contributed by atoms with Gasteiger partial charge in [0.1, 0.15) is 5.75 Å². The van der Waals surface area contributed by atoms with Crippen molar-refractivity contribution in [1.29, 1.82) is 0 Å². The number of rotatable bonds is 7. The normalized spacial score (nSPS) is 13.3. The molecule has 1 rings (SSSR count). The molecule has 0 aliphatic rings. The predicted octanol–water partition coefficient (Wildman–Crippen LogP) is 3.24. The van der Waals surface area contributed by atoms with Crippen LogP contribution in [0.15, 0.2) is 22.7 Å². The number of halogens is 2. The van der Waals surface area contributed by atoms with Crippen LogP contribution >= 0.6 is 27.5 Å². The van der Waals surface area contributed by atoms with Crippen LogP contribution in [0.1, 0.15) is 26.7 Å². The average Bonchev–Trinajstić information content (AvgIpc) is 2.39. The van der Waals surface area contributed by atoms with Crippen LogP contribution in [-0.2, 0) is 9.59 Å². The highest BCUT2D eigenvalue weighted by molar-refractivity contribution is 9.10. The maximum absolute atomic E-state index is 12.0. The molecule has 0 aliphatic heterocycles. The van der Waals surface area contributed by atoms with Gasteiger partial charge in [0.05, 0.1) is 4.47 Å². The van der Waals surface area contributed by atoms with Crippen LogP contribution in [0.25, 0.3) is 0 Å². The number of aliphatic carboxylic acids is 1. The highest BCUT2D eigenvalue weighted by Gasteiger charge is 2.18. The van der Waals surface area contributed by atoms with Crippen molar-refractivity contribution in [3.05, 3.63) is 27.7 Å². The first-order valence-electron chi connectivity index (χ1n) is 6.43. The second-order valence-corrected chi connectivity index (χ2v) is 5.97. The molecular weight excluding hydrogens is 362 g/mol. The molecule has 0 bridgehead atoms. The molecule has 0 saturated heterocycles. The number of carbonyl (C=O) groups is 2. The van der Waals surface area contributed by atoms with Crippen LogP contribution in [0, 0.1) is 0 Å². The zero-order chi connectivity index (χ0) is 16.0. The smallest absolute Gasteiger partial charge is 0.303 e. The Morgan fingerprint density at radius 2 is 2.10 bits per heavy atom. The van der Waals surface area contributed by atoms with E-state index in [4.69, 9.17) is 21.4 Å². The lowest BCUT2D eigenvalue weighted by Crippen LogP contribution is -2.41. The third kappa shape index (κ3) is 6.35. The maximum atomic E-state index is 12.0. The number of carbonyl (C=O) groups excluding carboxylic acids is 1. The number of nitrogens with one attached hydrogen (secondary N) is 1. The maximum Gasteiger partial charge on any atom is 0.303 e. The van der Waals surface area contributed by atoms with E-state index in [9.17, 15) is 9.59 Å². The number of benzene rings is 1. The summed E-state index contributed by atoms with van der Waals surface area (Å²) in [6.07, 6.45) is -0.313. The summed E-state index contributed by atoms with van der Waals surface area (Å²) >= 11 is 9.14. The Morgan fingerprint density at radius 1 is 1.43 bits per heavy atom. The van der Waals surface area contributed by atoms with E-state index in [2.05, 4.69) is 21.2 Å². The van der Waals surface area contributed by atoms with Crippen molar-refractivity contribution in [2.75, 3.05) is 0 Å². The number of ether oxygens (including phenoxy) is 1. The van der Waals surface area contributed by atoms with Gasteiger partial charge in [0, 0.05) is 17.5 Å². The van der Waals surface area contributed by atoms with Gasteiger partial charge in [-0.25, -0.2) is 0 Å². The van der Waals surface area contributed by atoms with E-state index >= 15 is 0 Å². The number of carboxylic acids is 1. The Balaban J connectivity index is 2.52. The van der Waals surface area contributed by atoms with Crippen molar-refractivity contribution in [2.24, 2.45) is 0 Å². The fourth-order valence-corrected chi connectivity index (χ4v) is 2.36. The summed E-state index contributed by atoms with van der Waals surface area (Å²) < 4.78 is 6.22. The van der Waals surface area contributed by atoms with Gasteiger partial charge in [-0.3, -0.25) is 9.59 Å². The van der Waals surface area contributed by atoms with Crippen LogP contribution in [-0.4, -0.2) is 29.1 Å². The third-order valence-corrected chi connectivity index (χ3v) is 3.60. The Bertz CT molecular complexity index is 524. The molecule has 2 atom stereocenters. The molecular formula is C14H17BrClNO4. The molecule has 0 aliphatic carbocycles. The van der Waals surface area contributed by atoms with Gasteiger partial charge < -0.3 is 15.2 Å². The quantitative estimate of drug-likeness (QED) is 0.764. The second-order valence-electron chi connectivity index (χ2n) is 4.68. The van der Waals surface area contributed by atoms with Crippen LogP contribution < -0.4 is 10.1 Å². The molecule has 7 heteroatoms. The zero-order valence-corrected chi connectivity index (χ0v) is 14.1. The Morgan fingerprint density at radius 3 is 2.67 bits per heavy atom. The highest BCUT2D eigenvalue weighted by Crippen LogP contribution is 2.28. The standard InChI is InChI=1S/C14H17BrClNO4/c1-8(3-6-13(18)19)17-14(20)9(2)21-12-5-4-10(16)7-11(12)15/h4-5,7-9H,3,6H2,1-2H3,(H,17,20)(H,18,19). The summed E-state index contributed by atoms with van der Waals surface area (Å²) in [5.74, 6) is -0.666.